The van der Waals surface area contributed by atoms with E-state index in [0.29, 0.717) is 0 Å². The molecule has 1 atom stereocenters. The van der Waals surface area contributed by atoms with Gasteiger partial charge in [0.1, 0.15) is 0 Å². The van der Waals surface area contributed by atoms with Crippen molar-refractivity contribution in [3.8, 4) is 33.6 Å². The Morgan fingerprint density at radius 1 is 0.660 bits per heavy atom. The van der Waals surface area contributed by atoms with Gasteiger partial charge in [-0.3, -0.25) is 0 Å². The summed E-state index contributed by atoms with van der Waals surface area (Å²) in [6.07, 6.45) is 4.05. The Kier molecular flexibility index (Phi) is 12.0. The number of pyridine rings is 2. The number of aromatic nitrogens is 2. The summed E-state index contributed by atoms with van der Waals surface area (Å²) in [6, 6.07) is 47.6. The van der Waals surface area contributed by atoms with Gasteiger partial charge < -0.3 is 4.98 Å². The standard InChI is InChI=1S/C22H24GeN.C20H20NSi.Ir/c1-17(18-11-7-5-8-12-18)20-15-22(19-13-9-6-10-14-19)24-16-21(20)23(2,3)4;1-22(2,3)19-12-13-20(21-15-19)18-11-7-10-17(14-18)16-8-5-4-6-9-16;/h5-13,15-17H,1-4H3;4-10,12-15H,1-3H3;/q2*-1;/i17D;;. The molecule has 4 aromatic carbocycles. The Bertz CT molecular complexity index is 1900. The van der Waals surface area contributed by atoms with Crippen molar-refractivity contribution in [3.05, 3.63) is 157 Å². The van der Waals surface area contributed by atoms with E-state index in [2.05, 4.69) is 109 Å². The van der Waals surface area contributed by atoms with E-state index in [1.807, 2.05) is 86.0 Å². The molecule has 0 fully saturated rings. The third kappa shape index (κ3) is 9.58. The summed E-state index contributed by atoms with van der Waals surface area (Å²) in [4.78, 5) is 9.37. The van der Waals surface area contributed by atoms with Gasteiger partial charge in [-0.25, -0.2) is 0 Å². The summed E-state index contributed by atoms with van der Waals surface area (Å²) < 4.78 is 10.5. The van der Waals surface area contributed by atoms with E-state index in [4.69, 9.17) is 4.98 Å². The molecule has 0 bridgehead atoms. The van der Waals surface area contributed by atoms with Gasteiger partial charge in [0.05, 0.1) is 8.07 Å². The van der Waals surface area contributed by atoms with Crippen LogP contribution in [-0.2, 0) is 20.1 Å². The van der Waals surface area contributed by atoms with Crippen molar-refractivity contribution < 1.29 is 21.5 Å². The molecule has 0 spiro atoms. The summed E-state index contributed by atoms with van der Waals surface area (Å²) in [6.45, 7) is 9.01. The Labute approximate surface area is 300 Å². The van der Waals surface area contributed by atoms with E-state index in [1.54, 1.807) is 0 Å². The van der Waals surface area contributed by atoms with Crippen LogP contribution in [0.1, 0.15) is 25.3 Å². The smallest absolute Gasteiger partial charge is 0 e. The molecular formula is C42H44GeIrN2Si-2. The molecule has 0 N–H and O–H groups in total. The van der Waals surface area contributed by atoms with Crippen molar-refractivity contribution in [1.82, 2.24) is 9.97 Å². The van der Waals surface area contributed by atoms with E-state index < -0.39 is 27.2 Å². The average molecular weight is 871 g/mol. The van der Waals surface area contributed by atoms with Crippen molar-refractivity contribution in [2.45, 2.75) is 49.7 Å². The molecule has 0 aliphatic carbocycles. The predicted molar refractivity (Wildman–Crippen MR) is 202 cm³/mol. The Morgan fingerprint density at radius 2 is 1.30 bits per heavy atom. The molecule has 0 aliphatic heterocycles. The molecule has 2 aromatic heterocycles. The van der Waals surface area contributed by atoms with Gasteiger partial charge in [0.2, 0.25) is 0 Å². The van der Waals surface area contributed by atoms with Gasteiger partial charge in [-0.2, -0.15) is 0 Å². The van der Waals surface area contributed by atoms with Gasteiger partial charge in [-0.15, -0.1) is 35.4 Å². The third-order valence-corrected chi connectivity index (χ3v) is 14.4. The number of nitrogens with zero attached hydrogens (tertiary/aromatic N) is 2. The van der Waals surface area contributed by atoms with Crippen LogP contribution in [0.25, 0.3) is 33.6 Å². The van der Waals surface area contributed by atoms with Crippen LogP contribution in [0.2, 0.25) is 36.9 Å². The largest absolute Gasteiger partial charge is 0 e. The van der Waals surface area contributed by atoms with Crippen molar-refractivity contribution in [3.63, 3.8) is 0 Å². The molecule has 6 aromatic rings. The summed E-state index contributed by atoms with van der Waals surface area (Å²) in [5, 5.41) is 1.38. The second kappa shape index (κ2) is 16.1. The van der Waals surface area contributed by atoms with Crippen LogP contribution in [0.5, 0.6) is 0 Å². The minimum atomic E-state index is -2.18. The predicted octanol–water partition coefficient (Wildman–Crippen LogP) is 10.0. The van der Waals surface area contributed by atoms with Crippen LogP contribution in [0, 0.1) is 12.1 Å². The molecular weight excluding hydrogens is 825 g/mol. The molecule has 2 nitrogen and oxygen atoms in total. The zero-order valence-corrected chi connectivity index (χ0v) is 33.9. The molecule has 1 radical (unpaired) electrons. The van der Waals surface area contributed by atoms with Gasteiger partial charge in [0.25, 0.3) is 0 Å². The van der Waals surface area contributed by atoms with Crippen LogP contribution in [-0.4, -0.2) is 31.3 Å². The second-order valence-electron chi connectivity index (χ2n) is 13.7. The number of rotatable bonds is 7. The Morgan fingerprint density at radius 3 is 1.89 bits per heavy atom. The Hall–Kier alpha value is -3.41. The van der Waals surface area contributed by atoms with Gasteiger partial charge >= 0.3 is 149 Å². The molecule has 0 amide bonds. The quantitative estimate of drug-likeness (QED) is 0.118. The zero-order valence-electron chi connectivity index (χ0n) is 29.4. The molecule has 1 unspecified atom stereocenters. The third-order valence-electron chi connectivity index (χ3n) is 8.12. The normalized spacial score (nSPS) is 12.9. The second-order valence-corrected chi connectivity index (χ2v) is 29.3. The fraction of sp³-hybridized carbons (Fsp3) is 0.190. The first kappa shape index (κ1) is 34.9. The molecule has 47 heavy (non-hydrogen) atoms. The zero-order chi connectivity index (χ0) is 33.7. The fourth-order valence-electron chi connectivity index (χ4n) is 5.33. The number of hydrogen-bond acceptors (Lipinski definition) is 2. The molecule has 0 saturated carbocycles. The molecule has 0 aliphatic rings. The van der Waals surface area contributed by atoms with E-state index in [0.717, 1.165) is 33.6 Å². The first-order valence-corrected chi connectivity index (χ1v) is 26.8. The number of hydrogen-bond donors (Lipinski definition) is 0. The minimum absolute atomic E-state index is 0. The van der Waals surface area contributed by atoms with E-state index >= 15 is 0 Å². The summed E-state index contributed by atoms with van der Waals surface area (Å²) in [5.41, 5.74) is 8.40. The summed E-state index contributed by atoms with van der Waals surface area (Å²) >= 11 is -2.18. The maximum atomic E-state index is 9.18. The summed E-state index contributed by atoms with van der Waals surface area (Å²) in [7, 11) is -1.29. The molecule has 6 rings (SSSR count). The first-order chi connectivity index (χ1) is 22.3. The summed E-state index contributed by atoms with van der Waals surface area (Å²) in [5.74, 6) is 6.27. The van der Waals surface area contributed by atoms with Crippen molar-refractivity contribution in [2.24, 2.45) is 0 Å². The number of benzene rings is 4. The molecule has 5 heteroatoms. The van der Waals surface area contributed by atoms with E-state index in [9.17, 15) is 1.37 Å². The maximum absolute atomic E-state index is 9.18. The van der Waals surface area contributed by atoms with Crippen LogP contribution in [0.3, 0.4) is 0 Å². The van der Waals surface area contributed by atoms with Gasteiger partial charge in [-0.05, 0) is 16.4 Å². The molecule has 241 valence electrons. The Balaban J connectivity index is 0.000000214. The average Bonchev–Trinajstić information content (AvgIpc) is 3.09. The SMILES string of the molecule is C[Si](C)(C)c1ccc(-c2[c-]ccc(-c3ccccc3)c2)nc1.[2H]C(C)(c1ccccc1)c1cc(-c2[c-]cccc2)nc[c]1[Ge]([CH3])([CH3])[CH3].[Ir]. The van der Waals surface area contributed by atoms with Gasteiger partial charge in [0, 0.05) is 26.3 Å². The van der Waals surface area contributed by atoms with Crippen molar-refractivity contribution in [2.75, 3.05) is 0 Å². The van der Waals surface area contributed by atoms with Gasteiger partial charge in [-0.1, -0.05) is 62.1 Å². The minimum Gasteiger partial charge on any atom is 0 e. The van der Waals surface area contributed by atoms with Crippen LogP contribution in [0.15, 0.2) is 134 Å². The van der Waals surface area contributed by atoms with Crippen molar-refractivity contribution in [1.29, 1.82) is 0 Å². The van der Waals surface area contributed by atoms with E-state index in [-0.39, 0.29) is 20.1 Å². The van der Waals surface area contributed by atoms with Crippen molar-refractivity contribution >= 4 is 30.9 Å². The maximum Gasteiger partial charge on any atom is 0 e. The first-order valence-electron chi connectivity index (χ1n) is 16.4. The van der Waals surface area contributed by atoms with E-state index in [1.165, 1.54) is 20.7 Å². The fourth-order valence-corrected chi connectivity index (χ4v) is 9.55. The van der Waals surface area contributed by atoms with Gasteiger partial charge in [0.15, 0.2) is 0 Å². The topological polar surface area (TPSA) is 25.8 Å². The van der Waals surface area contributed by atoms with Crippen LogP contribution < -0.4 is 9.58 Å². The monoisotopic (exact) mass is 872 g/mol. The van der Waals surface area contributed by atoms with Crippen LogP contribution >= 0.6 is 0 Å². The van der Waals surface area contributed by atoms with Crippen LogP contribution in [0.4, 0.5) is 0 Å². The molecule has 2 heterocycles. The molecule has 0 saturated heterocycles.